The fraction of sp³-hybridized carbons (Fsp3) is 0.444. The third kappa shape index (κ3) is 5.48. The quantitative estimate of drug-likeness (QED) is 0.536. The van der Waals surface area contributed by atoms with Gasteiger partial charge in [0, 0.05) is 12.0 Å². The van der Waals surface area contributed by atoms with E-state index in [0.29, 0.717) is 37.5 Å². The maximum atomic E-state index is 13.7. The molecule has 2 aromatic carbocycles. The normalized spacial score (nSPS) is 20.3. The molecule has 0 spiro atoms. The largest absolute Gasteiger partial charge is 0.497 e. The number of benzene rings is 2. The summed E-state index contributed by atoms with van der Waals surface area (Å²) in [5, 5.41) is 6.33. The van der Waals surface area contributed by atoms with Gasteiger partial charge in [-0.2, -0.15) is 5.10 Å². The number of esters is 1. The Kier molecular flexibility index (Phi) is 8.02. The molecular formula is C27H33N3O5. The summed E-state index contributed by atoms with van der Waals surface area (Å²) in [4.78, 5) is 28.2. The SMILES string of the molecule is CCOC(=O)[C@@H]1CCCCN1CC(=O)N1N=C(c2ccccc2)C[C@H]1c1cc(OC)ccc1OC. The van der Waals surface area contributed by atoms with E-state index in [4.69, 9.17) is 19.3 Å². The van der Waals surface area contributed by atoms with E-state index < -0.39 is 6.04 Å². The zero-order valence-corrected chi connectivity index (χ0v) is 20.6. The second-order valence-corrected chi connectivity index (χ2v) is 8.71. The Bertz CT molecular complexity index is 1070. The highest BCUT2D eigenvalue weighted by atomic mass is 16.5. The first-order valence-electron chi connectivity index (χ1n) is 12.1. The molecule has 2 atom stereocenters. The van der Waals surface area contributed by atoms with Gasteiger partial charge in [-0.05, 0) is 50.1 Å². The topological polar surface area (TPSA) is 80.7 Å². The number of amides is 1. The van der Waals surface area contributed by atoms with Crippen LogP contribution in [-0.4, -0.2) is 67.5 Å². The van der Waals surface area contributed by atoms with Crippen molar-refractivity contribution in [3.05, 3.63) is 59.7 Å². The van der Waals surface area contributed by atoms with Crippen LogP contribution in [0.2, 0.25) is 0 Å². The average molecular weight is 480 g/mol. The summed E-state index contributed by atoms with van der Waals surface area (Å²) in [6.45, 7) is 2.89. The third-order valence-corrected chi connectivity index (χ3v) is 6.58. The van der Waals surface area contributed by atoms with Crippen molar-refractivity contribution in [2.45, 2.75) is 44.7 Å². The van der Waals surface area contributed by atoms with Crippen LogP contribution in [0.1, 0.15) is 49.8 Å². The molecule has 186 valence electrons. The molecule has 0 N–H and O–H groups in total. The van der Waals surface area contributed by atoms with Crippen molar-refractivity contribution in [2.24, 2.45) is 5.10 Å². The molecule has 0 unspecified atom stereocenters. The number of nitrogens with zero attached hydrogens (tertiary/aromatic N) is 3. The lowest BCUT2D eigenvalue weighted by atomic mass is 9.97. The summed E-state index contributed by atoms with van der Waals surface area (Å²) in [6.07, 6.45) is 3.12. The van der Waals surface area contributed by atoms with Crippen LogP contribution in [0.3, 0.4) is 0 Å². The Hall–Kier alpha value is -3.39. The summed E-state index contributed by atoms with van der Waals surface area (Å²) < 4.78 is 16.4. The minimum Gasteiger partial charge on any atom is -0.497 e. The van der Waals surface area contributed by atoms with Gasteiger partial charge in [-0.1, -0.05) is 36.8 Å². The molecule has 2 aliphatic rings. The van der Waals surface area contributed by atoms with E-state index in [1.165, 1.54) is 0 Å². The molecule has 0 radical (unpaired) electrons. The maximum absolute atomic E-state index is 13.7. The molecule has 1 fully saturated rings. The van der Waals surface area contributed by atoms with Gasteiger partial charge in [0.15, 0.2) is 0 Å². The van der Waals surface area contributed by atoms with Crippen LogP contribution in [0.4, 0.5) is 0 Å². The molecule has 8 nitrogen and oxygen atoms in total. The van der Waals surface area contributed by atoms with Gasteiger partial charge in [-0.3, -0.25) is 14.5 Å². The van der Waals surface area contributed by atoms with Gasteiger partial charge in [-0.25, -0.2) is 5.01 Å². The number of hydrazone groups is 1. The van der Waals surface area contributed by atoms with Crippen LogP contribution in [-0.2, 0) is 14.3 Å². The highest BCUT2D eigenvalue weighted by Gasteiger charge is 2.38. The van der Waals surface area contributed by atoms with Gasteiger partial charge in [0.2, 0.25) is 0 Å². The van der Waals surface area contributed by atoms with Crippen molar-refractivity contribution in [3.63, 3.8) is 0 Å². The van der Waals surface area contributed by atoms with Crippen molar-refractivity contribution in [3.8, 4) is 11.5 Å². The lowest BCUT2D eigenvalue weighted by molar-refractivity contribution is -0.152. The Labute approximate surface area is 206 Å². The second-order valence-electron chi connectivity index (χ2n) is 8.71. The van der Waals surface area contributed by atoms with Crippen molar-refractivity contribution in [1.82, 2.24) is 9.91 Å². The lowest BCUT2D eigenvalue weighted by Crippen LogP contribution is -2.49. The smallest absolute Gasteiger partial charge is 0.323 e. The first-order valence-corrected chi connectivity index (χ1v) is 12.1. The number of hydrogen-bond donors (Lipinski definition) is 0. The molecule has 0 bridgehead atoms. The lowest BCUT2D eigenvalue weighted by Gasteiger charge is -2.34. The number of piperidine rings is 1. The number of carbonyl (C=O) groups is 2. The summed E-state index contributed by atoms with van der Waals surface area (Å²) in [5.74, 6) is 0.920. The van der Waals surface area contributed by atoms with E-state index in [2.05, 4.69) is 0 Å². The fourth-order valence-corrected chi connectivity index (χ4v) is 4.82. The summed E-state index contributed by atoms with van der Waals surface area (Å²) in [5.41, 5.74) is 2.63. The molecule has 8 heteroatoms. The van der Waals surface area contributed by atoms with E-state index in [1.807, 2.05) is 53.4 Å². The van der Waals surface area contributed by atoms with Crippen molar-refractivity contribution < 1.29 is 23.8 Å². The average Bonchev–Trinajstić information content (AvgIpc) is 3.35. The van der Waals surface area contributed by atoms with Crippen LogP contribution in [0, 0.1) is 0 Å². The number of likely N-dealkylation sites (tertiary alicyclic amines) is 1. The monoisotopic (exact) mass is 479 g/mol. The molecule has 0 aromatic heterocycles. The van der Waals surface area contributed by atoms with Gasteiger partial charge in [0.05, 0.1) is 39.1 Å². The molecular weight excluding hydrogens is 446 g/mol. The van der Waals surface area contributed by atoms with Gasteiger partial charge in [-0.15, -0.1) is 0 Å². The minimum absolute atomic E-state index is 0.0951. The van der Waals surface area contributed by atoms with Gasteiger partial charge in [0.25, 0.3) is 5.91 Å². The van der Waals surface area contributed by atoms with E-state index in [0.717, 1.165) is 29.7 Å². The molecule has 2 aromatic rings. The first kappa shape index (κ1) is 24.7. The maximum Gasteiger partial charge on any atom is 0.323 e. The zero-order chi connectivity index (χ0) is 24.8. The number of methoxy groups -OCH3 is 2. The molecule has 4 rings (SSSR count). The second kappa shape index (κ2) is 11.4. The van der Waals surface area contributed by atoms with Gasteiger partial charge in [0.1, 0.15) is 17.5 Å². The van der Waals surface area contributed by atoms with E-state index in [9.17, 15) is 9.59 Å². The minimum atomic E-state index is -0.405. The Morgan fingerprint density at radius 2 is 1.86 bits per heavy atom. The molecule has 1 amide bonds. The zero-order valence-electron chi connectivity index (χ0n) is 20.6. The summed E-state index contributed by atoms with van der Waals surface area (Å²) in [7, 11) is 3.23. The molecule has 0 saturated carbocycles. The van der Waals surface area contributed by atoms with E-state index in [1.54, 1.807) is 26.2 Å². The molecule has 1 saturated heterocycles. The number of carbonyl (C=O) groups excluding carboxylic acids is 2. The fourth-order valence-electron chi connectivity index (χ4n) is 4.82. The van der Waals surface area contributed by atoms with Gasteiger partial charge >= 0.3 is 5.97 Å². The number of rotatable bonds is 8. The highest BCUT2D eigenvalue weighted by Crippen LogP contribution is 2.39. The van der Waals surface area contributed by atoms with Crippen LogP contribution in [0.15, 0.2) is 53.6 Å². The third-order valence-electron chi connectivity index (χ3n) is 6.58. The highest BCUT2D eigenvalue weighted by molar-refractivity contribution is 6.03. The molecule has 2 heterocycles. The predicted molar refractivity (Wildman–Crippen MR) is 133 cm³/mol. The van der Waals surface area contributed by atoms with E-state index in [-0.39, 0.29) is 24.5 Å². The summed E-state index contributed by atoms with van der Waals surface area (Å²) in [6, 6.07) is 14.7. The van der Waals surface area contributed by atoms with Crippen LogP contribution < -0.4 is 9.47 Å². The van der Waals surface area contributed by atoms with Crippen molar-refractivity contribution in [1.29, 1.82) is 0 Å². The standard InChI is InChI=1S/C27H33N3O5/c1-4-35-27(32)23-12-8-9-15-29(23)18-26(31)30-24(17-22(28-30)19-10-6-5-7-11-19)21-16-20(33-2)13-14-25(21)34-3/h5-7,10-11,13-14,16,23-24H,4,8-9,12,15,17-18H2,1-3H3/t23-,24-/m0/s1. The number of hydrogen-bond acceptors (Lipinski definition) is 7. The van der Waals surface area contributed by atoms with Crippen LogP contribution >= 0.6 is 0 Å². The van der Waals surface area contributed by atoms with Crippen molar-refractivity contribution >= 4 is 17.6 Å². The number of ether oxygens (including phenoxy) is 3. The summed E-state index contributed by atoms with van der Waals surface area (Å²) >= 11 is 0. The predicted octanol–water partition coefficient (Wildman–Crippen LogP) is 3.80. The Morgan fingerprint density at radius 3 is 2.57 bits per heavy atom. The van der Waals surface area contributed by atoms with Crippen molar-refractivity contribution in [2.75, 3.05) is 33.9 Å². The van der Waals surface area contributed by atoms with E-state index >= 15 is 0 Å². The van der Waals surface area contributed by atoms with Crippen LogP contribution in [0.25, 0.3) is 0 Å². The first-order chi connectivity index (χ1) is 17.0. The Balaban J connectivity index is 1.65. The molecule has 35 heavy (non-hydrogen) atoms. The molecule has 0 aliphatic carbocycles. The molecule has 2 aliphatic heterocycles. The Morgan fingerprint density at radius 1 is 1.06 bits per heavy atom. The van der Waals surface area contributed by atoms with Gasteiger partial charge < -0.3 is 14.2 Å². The van der Waals surface area contributed by atoms with Crippen LogP contribution in [0.5, 0.6) is 11.5 Å².